The third kappa shape index (κ3) is 4.68. The van der Waals surface area contributed by atoms with E-state index in [1.807, 2.05) is 45.9 Å². The minimum absolute atomic E-state index is 0.235. The Morgan fingerprint density at radius 2 is 1.67 bits per heavy atom. The van der Waals surface area contributed by atoms with Crippen molar-refractivity contribution in [3.05, 3.63) is 48.2 Å². The molecule has 0 heterocycles. The lowest BCUT2D eigenvalue weighted by molar-refractivity contribution is 0.259. The van der Waals surface area contributed by atoms with Crippen molar-refractivity contribution in [3.63, 3.8) is 0 Å². The van der Waals surface area contributed by atoms with Crippen LogP contribution in [0.5, 0.6) is 0 Å². The van der Waals surface area contributed by atoms with E-state index >= 15 is 0 Å². The molecule has 0 aliphatic carbocycles. The van der Waals surface area contributed by atoms with E-state index in [2.05, 4.69) is 18.7 Å². The first-order chi connectivity index (χ1) is 7.02. The number of hydrogen-bond acceptors (Lipinski definition) is 1. The molecule has 0 spiro atoms. The number of aliphatic hydroxyl groups is 1. The Bertz CT molecular complexity index is 285. The second-order valence-corrected chi connectivity index (χ2v) is 3.99. The van der Waals surface area contributed by atoms with Gasteiger partial charge in [-0.15, -0.1) is 0 Å². The average molecular weight is 206 g/mol. The fourth-order valence-corrected chi connectivity index (χ4v) is 1.21. The Morgan fingerprint density at radius 3 is 2.07 bits per heavy atom. The maximum Gasteiger partial charge on any atom is 0.0910 e. The predicted molar refractivity (Wildman–Crippen MR) is 67.0 cm³/mol. The van der Waals surface area contributed by atoms with Gasteiger partial charge in [-0.3, -0.25) is 0 Å². The molecule has 0 aliphatic heterocycles. The molecule has 84 valence electrons. The zero-order valence-corrected chi connectivity index (χ0v) is 10.2. The van der Waals surface area contributed by atoms with Crippen molar-refractivity contribution in [3.8, 4) is 0 Å². The summed E-state index contributed by atoms with van der Waals surface area (Å²) in [5.74, 6) is 0.247. The Hall–Kier alpha value is -1.24. The molecule has 0 radical (unpaired) electrons. The first-order valence-corrected chi connectivity index (χ1v) is 5.44. The standard InChI is InChI=1S/C12H16O.C2H6/c1-10(13)12(2,3)9-11-7-5-4-6-8-11;1-2/h4-8,13H,1,9H2,2-3H3;1-2H3. The van der Waals surface area contributed by atoms with Crippen molar-refractivity contribution in [1.82, 2.24) is 0 Å². The van der Waals surface area contributed by atoms with E-state index in [0.717, 1.165) is 6.42 Å². The van der Waals surface area contributed by atoms with Crippen LogP contribution in [0.4, 0.5) is 0 Å². The fraction of sp³-hybridized carbons (Fsp3) is 0.429. The molecule has 0 saturated carbocycles. The largest absolute Gasteiger partial charge is 0.512 e. The second kappa shape index (κ2) is 6.28. The van der Waals surface area contributed by atoms with Gasteiger partial charge in [0.25, 0.3) is 0 Å². The Labute approximate surface area is 93.5 Å². The highest BCUT2D eigenvalue weighted by atomic mass is 16.3. The van der Waals surface area contributed by atoms with Gasteiger partial charge in [0.05, 0.1) is 5.76 Å². The van der Waals surface area contributed by atoms with Crippen LogP contribution < -0.4 is 0 Å². The van der Waals surface area contributed by atoms with Gasteiger partial charge in [-0.2, -0.15) is 0 Å². The number of allylic oxidation sites excluding steroid dienone is 1. The quantitative estimate of drug-likeness (QED) is 0.729. The fourth-order valence-electron chi connectivity index (χ4n) is 1.21. The lowest BCUT2D eigenvalue weighted by atomic mass is 9.84. The van der Waals surface area contributed by atoms with Crippen LogP contribution in [0.25, 0.3) is 0 Å². The summed E-state index contributed by atoms with van der Waals surface area (Å²) in [6, 6.07) is 10.1. The summed E-state index contributed by atoms with van der Waals surface area (Å²) in [6.45, 7) is 11.6. The van der Waals surface area contributed by atoms with Crippen molar-refractivity contribution in [2.75, 3.05) is 0 Å². The van der Waals surface area contributed by atoms with Gasteiger partial charge in [-0.1, -0.05) is 64.6 Å². The summed E-state index contributed by atoms with van der Waals surface area (Å²) in [5.41, 5.74) is 0.990. The zero-order chi connectivity index (χ0) is 11.9. The van der Waals surface area contributed by atoms with Gasteiger partial charge >= 0.3 is 0 Å². The highest BCUT2D eigenvalue weighted by molar-refractivity contribution is 5.18. The molecular weight excluding hydrogens is 184 g/mol. The molecule has 0 aromatic heterocycles. The van der Waals surface area contributed by atoms with Crippen LogP contribution in [0.2, 0.25) is 0 Å². The highest BCUT2D eigenvalue weighted by Gasteiger charge is 2.21. The molecule has 0 bridgehead atoms. The Morgan fingerprint density at radius 1 is 1.20 bits per heavy atom. The van der Waals surface area contributed by atoms with Crippen molar-refractivity contribution < 1.29 is 5.11 Å². The molecule has 15 heavy (non-hydrogen) atoms. The molecule has 1 aromatic carbocycles. The second-order valence-electron chi connectivity index (χ2n) is 3.99. The number of benzene rings is 1. The maximum absolute atomic E-state index is 9.35. The van der Waals surface area contributed by atoms with E-state index in [9.17, 15) is 5.11 Å². The van der Waals surface area contributed by atoms with E-state index < -0.39 is 0 Å². The van der Waals surface area contributed by atoms with Crippen molar-refractivity contribution in [2.45, 2.75) is 34.1 Å². The van der Waals surface area contributed by atoms with Gasteiger partial charge < -0.3 is 5.11 Å². The Kier molecular flexibility index (Phi) is 5.76. The van der Waals surface area contributed by atoms with E-state index in [0.29, 0.717) is 0 Å². The third-order valence-corrected chi connectivity index (χ3v) is 2.27. The topological polar surface area (TPSA) is 20.2 Å². The van der Waals surface area contributed by atoms with Gasteiger partial charge in [0.15, 0.2) is 0 Å². The average Bonchev–Trinajstić information content (AvgIpc) is 2.21. The monoisotopic (exact) mass is 206 g/mol. The lowest BCUT2D eigenvalue weighted by Crippen LogP contribution is -2.17. The molecule has 0 amide bonds. The van der Waals surface area contributed by atoms with Crippen molar-refractivity contribution in [1.29, 1.82) is 0 Å². The third-order valence-electron chi connectivity index (χ3n) is 2.27. The van der Waals surface area contributed by atoms with E-state index in [4.69, 9.17) is 0 Å². The van der Waals surface area contributed by atoms with Gasteiger partial charge in [-0.05, 0) is 12.0 Å². The first kappa shape index (κ1) is 13.8. The number of rotatable bonds is 3. The van der Waals surface area contributed by atoms with Crippen molar-refractivity contribution >= 4 is 0 Å². The predicted octanol–water partition coefficient (Wildman–Crippen LogP) is 4.35. The van der Waals surface area contributed by atoms with Gasteiger partial charge in [0.1, 0.15) is 0 Å². The van der Waals surface area contributed by atoms with Crippen LogP contribution in [0.3, 0.4) is 0 Å². The molecular formula is C14H22O. The molecule has 0 saturated heterocycles. The normalized spacial score (nSPS) is 10.1. The smallest absolute Gasteiger partial charge is 0.0910 e. The van der Waals surface area contributed by atoms with Crippen molar-refractivity contribution in [2.24, 2.45) is 5.41 Å². The van der Waals surface area contributed by atoms with E-state index in [-0.39, 0.29) is 11.2 Å². The number of aliphatic hydroxyl groups excluding tert-OH is 1. The molecule has 1 aromatic rings. The molecule has 0 aliphatic rings. The van der Waals surface area contributed by atoms with Gasteiger partial charge in [-0.25, -0.2) is 0 Å². The van der Waals surface area contributed by atoms with Crippen LogP contribution in [0.1, 0.15) is 33.3 Å². The van der Waals surface area contributed by atoms with Crippen LogP contribution in [0.15, 0.2) is 42.7 Å². The number of hydrogen-bond donors (Lipinski definition) is 1. The maximum atomic E-state index is 9.35. The molecule has 1 rings (SSSR count). The first-order valence-electron chi connectivity index (χ1n) is 5.44. The summed E-state index contributed by atoms with van der Waals surface area (Å²) < 4.78 is 0. The van der Waals surface area contributed by atoms with Crippen LogP contribution in [-0.4, -0.2) is 5.11 Å². The minimum atomic E-state index is -0.235. The molecule has 0 fully saturated rings. The Balaban J connectivity index is 0.000000921. The molecule has 1 heteroatoms. The van der Waals surface area contributed by atoms with Crippen LogP contribution in [0, 0.1) is 5.41 Å². The minimum Gasteiger partial charge on any atom is -0.512 e. The van der Waals surface area contributed by atoms with Crippen LogP contribution >= 0.6 is 0 Å². The summed E-state index contributed by atoms with van der Waals surface area (Å²) in [6.07, 6.45) is 0.823. The van der Waals surface area contributed by atoms with Gasteiger partial charge in [0.2, 0.25) is 0 Å². The van der Waals surface area contributed by atoms with E-state index in [1.54, 1.807) is 0 Å². The zero-order valence-electron chi connectivity index (χ0n) is 10.2. The van der Waals surface area contributed by atoms with E-state index in [1.165, 1.54) is 5.56 Å². The molecule has 0 unspecified atom stereocenters. The molecule has 0 atom stereocenters. The summed E-state index contributed by atoms with van der Waals surface area (Å²) in [5, 5.41) is 9.35. The summed E-state index contributed by atoms with van der Waals surface area (Å²) >= 11 is 0. The lowest BCUT2D eigenvalue weighted by Gasteiger charge is -2.22. The SMILES string of the molecule is C=C(O)C(C)(C)Cc1ccccc1.CC. The molecule has 1 N–H and O–H groups in total. The van der Waals surface area contributed by atoms with Crippen LogP contribution in [-0.2, 0) is 6.42 Å². The van der Waals surface area contributed by atoms with Gasteiger partial charge in [0, 0.05) is 5.41 Å². The molecule has 1 nitrogen and oxygen atoms in total. The summed E-state index contributed by atoms with van der Waals surface area (Å²) in [4.78, 5) is 0. The summed E-state index contributed by atoms with van der Waals surface area (Å²) in [7, 11) is 0. The highest BCUT2D eigenvalue weighted by Crippen LogP contribution is 2.27.